The molecule has 1 atom stereocenters. The third kappa shape index (κ3) is 2.70. The predicted molar refractivity (Wildman–Crippen MR) is 102 cm³/mol. The Hall–Kier alpha value is -3.25. The minimum absolute atomic E-state index is 0.0983. The monoisotopic (exact) mass is 346 g/mol. The predicted octanol–water partition coefficient (Wildman–Crippen LogP) is 3.25. The van der Waals surface area contributed by atoms with Crippen LogP contribution in [0.2, 0.25) is 0 Å². The van der Waals surface area contributed by atoms with Gasteiger partial charge in [-0.25, -0.2) is 0 Å². The van der Waals surface area contributed by atoms with Gasteiger partial charge in [-0.3, -0.25) is 15.2 Å². The van der Waals surface area contributed by atoms with E-state index in [1.165, 1.54) is 0 Å². The van der Waals surface area contributed by atoms with Gasteiger partial charge in [0.25, 0.3) is 5.91 Å². The summed E-state index contributed by atoms with van der Waals surface area (Å²) in [6.07, 6.45) is 1.83. The standard InChI is InChI=1S/C20H18N4O2/c1-13(12-20(26)15-8-2-3-9-16(15)22-19(20)25)23-24-17-10-4-6-14-7-5-11-21-18(14)17/h2-11,24,26H,12H2,1H3,(H,22,25)/b23-13-/t20-/m1/s1. The Morgan fingerprint density at radius 1 is 1.19 bits per heavy atom. The number of hydrogen-bond acceptors (Lipinski definition) is 5. The van der Waals surface area contributed by atoms with E-state index in [4.69, 9.17) is 0 Å². The van der Waals surface area contributed by atoms with Crippen molar-refractivity contribution in [2.75, 3.05) is 10.7 Å². The Bertz CT molecular complexity index is 1030. The van der Waals surface area contributed by atoms with Crippen molar-refractivity contribution < 1.29 is 9.90 Å². The van der Waals surface area contributed by atoms with Crippen LogP contribution in [0.25, 0.3) is 10.9 Å². The molecule has 6 nitrogen and oxygen atoms in total. The number of carbonyl (C=O) groups is 1. The molecule has 0 radical (unpaired) electrons. The van der Waals surface area contributed by atoms with Gasteiger partial charge in [0, 0.05) is 35.0 Å². The molecule has 1 aliphatic heterocycles. The zero-order valence-electron chi connectivity index (χ0n) is 14.2. The van der Waals surface area contributed by atoms with Gasteiger partial charge in [0.2, 0.25) is 0 Å². The molecule has 0 bridgehead atoms. The molecule has 1 aromatic heterocycles. The fourth-order valence-corrected chi connectivity index (χ4v) is 3.24. The van der Waals surface area contributed by atoms with E-state index >= 15 is 0 Å². The summed E-state index contributed by atoms with van der Waals surface area (Å²) in [7, 11) is 0. The van der Waals surface area contributed by atoms with E-state index in [0.29, 0.717) is 17.0 Å². The van der Waals surface area contributed by atoms with Gasteiger partial charge >= 0.3 is 0 Å². The summed E-state index contributed by atoms with van der Waals surface area (Å²) >= 11 is 0. The maximum atomic E-state index is 12.3. The molecule has 0 fully saturated rings. The lowest BCUT2D eigenvalue weighted by molar-refractivity contribution is -0.132. The Morgan fingerprint density at radius 3 is 2.88 bits per heavy atom. The molecule has 2 heterocycles. The lowest BCUT2D eigenvalue weighted by atomic mass is 9.90. The van der Waals surface area contributed by atoms with E-state index in [0.717, 1.165) is 16.6 Å². The number of anilines is 2. The Kier molecular flexibility index (Phi) is 3.89. The minimum Gasteiger partial charge on any atom is -0.375 e. The van der Waals surface area contributed by atoms with Crippen LogP contribution in [0.15, 0.2) is 65.9 Å². The highest BCUT2D eigenvalue weighted by atomic mass is 16.3. The molecule has 6 heteroatoms. The minimum atomic E-state index is -1.61. The van der Waals surface area contributed by atoms with Crippen molar-refractivity contribution in [3.05, 3.63) is 66.4 Å². The molecule has 3 aromatic rings. The molecule has 0 unspecified atom stereocenters. The number of nitrogens with zero attached hydrogens (tertiary/aromatic N) is 2. The molecule has 4 rings (SSSR count). The molecular formula is C20H18N4O2. The summed E-state index contributed by atoms with van der Waals surface area (Å²) in [6, 6.07) is 16.8. The molecular weight excluding hydrogens is 328 g/mol. The smallest absolute Gasteiger partial charge is 0.261 e. The first kappa shape index (κ1) is 16.2. The highest BCUT2D eigenvalue weighted by molar-refractivity contribution is 6.07. The molecule has 3 N–H and O–H groups in total. The van der Waals surface area contributed by atoms with Gasteiger partial charge in [0.05, 0.1) is 11.2 Å². The first-order chi connectivity index (χ1) is 12.6. The average molecular weight is 346 g/mol. The number of nitrogens with one attached hydrogen (secondary N) is 2. The molecule has 26 heavy (non-hydrogen) atoms. The van der Waals surface area contributed by atoms with E-state index < -0.39 is 11.5 Å². The summed E-state index contributed by atoms with van der Waals surface area (Å²) in [5.74, 6) is -0.430. The molecule has 2 aromatic carbocycles. The summed E-state index contributed by atoms with van der Waals surface area (Å²) < 4.78 is 0. The van der Waals surface area contributed by atoms with Crippen molar-refractivity contribution in [1.29, 1.82) is 0 Å². The second kappa shape index (κ2) is 6.24. The van der Waals surface area contributed by atoms with Crippen molar-refractivity contribution in [1.82, 2.24) is 4.98 Å². The van der Waals surface area contributed by atoms with Crippen molar-refractivity contribution in [2.45, 2.75) is 18.9 Å². The van der Waals surface area contributed by atoms with Crippen molar-refractivity contribution in [3.63, 3.8) is 0 Å². The van der Waals surface area contributed by atoms with Crippen LogP contribution in [0, 0.1) is 0 Å². The number of aromatic nitrogens is 1. The summed E-state index contributed by atoms with van der Waals surface area (Å²) in [6.45, 7) is 1.78. The van der Waals surface area contributed by atoms with E-state index in [1.807, 2.05) is 36.4 Å². The van der Waals surface area contributed by atoms with Crippen LogP contribution in [-0.4, -0.2) is 21.7 Å². The molecule has 1 amide bonds. The van der Waals surface area contributed by atoms with Gasteiger partial charge in [-0.05, 0) is 25.1 Å². The number of rotatable bonds is 4. The number of hydrazone groups is 1. The lowest BCUT2D eigenvalue weighted by Crippen LogP contribution is -2.36. The van der Waals surface area contributed by atoms with E-state index in [1.54, 1.807) is 31.3 Å². The van der Waals surface area contributed by atoms with Crippen molar-refractivity contribution in [3.8, 4) is 0 Å². The van der Waals surface area contributed by atoms with Gasteiger partial charge < -0.3 is 10.4 Å². The number of fused-ring (bicyclic) bond motifs is 2. The maximum absolute atomic E-state index is 12.3. The fourth-order valence-electron chi connectivity index (χ4n) is 3.24. The molecule has 130 valence electrons. The van der Waals surface area contributed by atoms with Crippen molar-refractivity contribution in [2.24, 2.45) is 5.10 Å². The third-order valence-electron chi connectivity index (χ3n) is 4.51. The first-order valence-electron chi connectivity index (χ1n) is 8.34. The zero-order valence-corrected chi connectivity index (χ0v) is 14.2. The number of carbonyl (C=O) groups excluding carboxylic acids is 1. The van der Waals surface area contributed by atoms with Crippen molar-refractivity contribution >= 4 is 33.9 Å². The zero-order chi connectivity index (χ0) is 18.1. The second-order valence-corrected chi connectivity index (χ2v) is 6.38. The van der Waals surface area contributed by atoms with E-state index in [2.05, 4.69) is 20.8 Å². The maximum Gasteiger partial charge on any atom is 0.261 e. The topological polar surface area (TPSA) is 86.6 Å². The van der Waals surface area contributed by atoms with Crippen LogP contribution in [0.3, 0.4) is 0 Å². The lowest BCUT2D eigenvalue weighted by Gasteiger charge is -2.20. The van der Waals surface area contributed by atoms with Crippen LogP contribution in [0.1, 0.15) is 18.9 Å². The van der Waals surface area contributed by atoms with Crippen LogP contribution < -0.4 is 10.7 Å². The Morgan fingerprint density at radius 2 is 2.00 bits per heavy atom. The molecule has 1 aliphatic rings. The quantitative estimate of drug-likeness (QED) is 0.500. The summed E-state index contributed by atoms with van der Waals surface area (Å²) in [5, 5.41) is 19.0. The average Bonchev–Trinajstić information content (AvgIpc) is 2.90. The number of aliphatic hydroxyl groups is 1. The normalized spacial score (nSPS) is 19.3. The van der Waals surface area contributed by atoms with Gasteiger partial charge in [-0.15, -0.1) is 0 Å². The number of amides is 1. The summed E-state index contributed by atoms with van der Waals surface area (Å²) in [5.41, 5.74) is 4.79. The third-order valence-corrected chi connectivity index (χ3v) is 4.51. The van der Waals surface area contributed by atoms with E-state index in [9.17, 15) is 9.90 Å². The number of benzene rings is 2. The first-order valence-corrected chi connectivity index (χ1v) is 8.34. The Labute approximate surface area is 150 Å². The number of pyridine rings is 1. The SMILES string of the molecule is C/C(C[C@]1(O)C(=O)Nc2ccccc21)=N/Nc1cccc2cccnc12. The van der Waals surface area contributed by atoms with Gasteiger partial charge in [-0.1, -0.05) is 36.4 Å². The molecule has 0 saturated carbocycles. The van der Waals surface area contributed by atoms with Gasteiger partial charge in [-0.2, -0.15) is 5.10 Å². The fraction of sp³-hybridized carbons (Fsp3) is 0.150. The molecule has 0 aliphatic carbocycles. The van der Waals surface area contributed by atoms with E-state index in [-0.39, 0.29) is 6.42 Å². The number of para-hydroxylation sites is 2. The van der Waals surface area contributed by atoms with Crippen LogP contribution in [-0.2, 0) is 10.4 Å². The van der Waals surface area contributed by atoms with Gasteiger partial charge in [0.1, 0.15) is 0 Å². The highest BCUT2D eigenvalue weighted by Gasteiger charge is 2.45. The number of hydrogen-bond donors (Lipinski definition) is 3. The van der Waals surface area contributed by atoms with Crippen LogP contribution in [0.5, 0.6) is 0 Å². The van der Waals surface area contributed by atoms with Crippen LogP contribution >= 0.6 is 0 Å². The Balaban J connectivity index is 1.58. The van der Waals surface area contributed by atoms with Gasteiger partial charge in [0.15, 0.2) is 5.60 Å². The summed E-state index contributed by atoms with van der Waals surface area (Å²) in [4.78, 5) is 16.7. The second-order valence-electron chi connectivity index (χ2n) is 6.38. The van der Waals surface area contributed by atoms with Crippen LogP contribution in [0.4, 0.5) is 11.4 Å². The molecule has 0 spiro atoms. The molecule has 0 saturated heterocycles. The highest BCUT2D eigenvalue weighted by Crippen LogP contribution is 2.38. The largest absolute Gasteiger partial charge is 0.375 e.